The number of carbonyl (C=O) groups is 2. The number of hydrogen-bond donors (Lipinski definition) is 1. The van der Waals surface area contributed by atoms with Crippen LogP contribution in [0.15, 0.2) is 28.7 Å². The summed E-state index contributed by atoms with van der Waals surface area (Å²) in [7, 11) is 0. The maximum absolute atomic E-state index is 12.5. The quantitative estimate of drug-likeness (QED) is 0.747. The molecule has 2 aromatic rings. The highest BCUT2D eigenvalue weighted by molar-refractivity contribution is 8.01. The molecule has 2 amide bonds. The first-order valence-corrected chi connectivity index (χ1v) is 10.1. The summed E-state index contributed by atoms with van der Waals surface area (Å²) in [6.07, 6.45) is 1.99. The molecule has 1 aliphatic heterocycles. The molecule has 1 saturated heterocycles. The van der Waals surface area contributed by atoms with Gasteiger partial charge in [0.15, 0.2) is 4.34 Å². The number of aryl methyl sites for hydroxylation is 1. The Bertz CT molecular complexity index is 773. The van der Waals surface area contributed by atoms with E-state index >= 15 is 0 Å². The van der Waals surface area contributed by atoms with E-state index in [0.717, 1.165) is 33.8 Å². The second-order valence-corrected chi connectivity index (χ2v) is 8.28. The average molecular weight is 392 g/mol. The maximum Gasteiger partial charge on any atom is 0.233 e. The fourth-order valence-corrected chi connectivity index (χ4v) is 4.87. The second-order valence-electron chi connectivity index (χ2n) is 5.98. The van der Waals surface area contributed by atoms with Gasteiger partial charge in [0.2, 0.25) is 11.8 Å². The lowest BCUT2D eigenvalue weighted by Gasteiger charge is -2.35. The molecule has 2 aromatic heterocycles. The molecular weight excluding hydrogens is 370 g/mol. The minimum absolute atomic E-state index is 0.111. The van der Waals surface area contributed by atoms with Gasteiger partial charge in [-0.25, -0.2) is 9.97 Å². The normalized spacial score (nSPS) is 14.5. The van der Waals surface area contributed by atoms with Crippen LogP contribution in [0, 0.1) is 6.92 Å². The molecular formula is C17H21N5O2S2. The number of piperazine rings is 1. The van der Waals surface area contributed by atoms with Gasteiger partial charge in [0, 0.05) is 37.3 Å². The van der Waals surface area contributed by atoms with Crippen molar-refractivity contribution in [3.63, 3.8) is 0 Å². The van der Waals surface area contributed by atoms with Crippen molar-refractivity contribution >= 4 is 40.7 Å². The van der Waals surface area contributed by atoms with Gasteiger partial charge in [-0.3, -0.25) is 9.59 Å². The van der Waals surface area contributed by atoms with Crippen molar-refractivity contribution in [2.24, 2.45) is 5.73 Å². The lowest BCUT2D eigenvalue weighted by Crippen LogP contribution is -2.49. The second kappa shape index (κ2) is 8.50. The van der Waals surface area contributed by atoms with Crippen LogP contribution in [-0.4, -0.2) is 58.6 Å². The summed E-state index contributed by atoms with van der Waals surface area (Å²) < 4.78 is 0.805. The largest absolute Gasteiger partial charge is 0.369 e. The molecule has 9 heteroatoms. The third-order valence-electron chi connectivity index (χ3n) is 4.13. The average Bonchev–Trinajstić information content (AvgIpc) is 2.99. The van der Waals surface area contributed by atoms with Gasteiger partial charge in [-0.1, -0.05) is 17.8 Å². The van der Waals surface area contributed by atoms with Crippen molar-refractivity contribution in [2.75, 3.05) is 36.8 Å². The van der Waals surface area contributed by atoms with E-state index in [1.165, 1.54) is 23.1 Å². The van der Waals surface area contributed by atoms with Crippen LogP contribution in [0.4, 0.5) is 5.82 Å². The molecule has 3 heterocycles. The first-order chi connectivity index (χ1) is 12.5. The highest BCUT2D eigenvalue weighted by Crippen LogP contribution is 2.28. The van der Waals surface area contributed by atoms with Crippen molar-refractivity contribution < 1.29 is 9.59 Å². The fourth-order valence-electron chi connectivity index (χ4n) is 2.73. The van der Waals surface area contributed by atoms with Crippen LogP contribution in [0.1, 0.15) is 10.6 Å². The maximum atomic E-state index is 12.5. The van der Waals surface area contributed by atoms with Crippen molar-refractivity contribution in [1.82, 2.24) is 14.9 Å². The number of hydrogen-bond acceptors (Lipinski definition) is 7. The van der Waals surface area contributed by atoms with E-state index in [1.54, 1.807) is 6.20 Å². The van der Waals surface area contributed by atoms with Crippen molar-refractivity contribution in [2.45, 2.75) is 17.7 Å². The topological polar surface area (TPSA) is 92.4 Å². The molecule has 0 aromatic carbocycles. The first-order valence-electron chi connectivity index (χ1n) is 8.34. The number of thiazole rings is 1. The number of thioether (sulfide) groups is 1. The number of primary amides is 1. The molecule has 138 valence electrons. The summed E-state index contributed by atoms with van der Waals surface area (Å²) in [4.78, 5) is 37.2. The first kappa shape index (κ1) is 18.7. The van der Waals surface area contributed by atoms with E-state index in [2.05, 4.69) is 14.9 Å². The Morgan fingerprint density at radius 3 is 2.69 bits per heavy atom. The highest BCUT2D eigenvalue weighted by Gasteiger charge is 2.22. The Morgan fingerprint density at radius 2 is 2.04 bits per heavy atom. The molecule has 0 aliphatic carbocycles. The monoisotopic (exact) mass is 391 g/mol. The smallest absolute Gasteiger partial charge is 0.233 e. The zero-order valence-corrected chi connectivity index (χ0v) is 16.2. The van der Waals surface area contributed by atoms with Gasteiger partial charge in [0.25, 0.3) is 0 Å². The Morgan fingerprint density at radius 1 is 1.27 bits per heavy atom. The number of carbonyl (C=O) groups excluding carboxylic acids is 2. The van der Waals surface area contributed by atoms with Gasteiger partial charge in [0.1, 0.15) is 5.82 Å². The van der Waals surface area contributed by atoms with Crippen molar-refractivity contribution in [3.8, 4) is 0 Å². The standard InChI is InChI=1S/C17H21N5O2S2/c1-12-13(10-14(18)23)26-17(20-12)25-11-16(24)22-8-6-21(7-9-22)15-4-2-3-5-19-15/h2-5H,6-11H2,1H3,(H2,18,23). The van der Waals surface area contributed by atoms with Crippen LogP contribution in [0.2, 0.25) is 0 Å². The third kappa shape index (κ3) is 4.73. The van der Waals surface area contributed by atoms with E-state index < -0.39 is 0 Å². The van der Waals surface area contributed by atoms with Crippen molar-refractivity contribution in [1.29, 1.82) is 0 Å². The molecule has 1 aliphatic rings. The number of nitrogens with zero attached hydrogens (tertiary/aromatic N) is 4. The summed E-state index contributed by atoms with van der Waals surface area (Å²) in [6, 6.07) is 5.86. The molecule has 2 N–H and O–H groups in total. The number of nitrogens with two attached hydrogens (primary N) is 1. The van der Waals surface area contributed by atoms with Gasteiger partial charge in [0.05, 0.1) is 17.9 Å². The summed E-state index contributed by atoms with van der Waals surface area (Å²) in [5.74, 6) is 1.05. The van der Waals surface area contributed by atoms with Gasteiger partial charge in [-0.15, -0.1) is 11.3 Å². The van der Waals surface area contributed by atoms with Crippen LogP contribution in [0.3, 0.4) is 0 Å². The molecule has 26 heavy (non-hydrogen) atoms. The van der Waals surface area contributed by atoms with E-state index in [0.29, 0.717) is 18.8 Å². The summed E-state index contributed by atoms with van der Waals surface area (Å²) in [5.41, 5.74) is 6.05. The molecule has 0 saturated carbocycles. The van der Waals surface area contributed by atoms with Crippen LogP contribution in [-0.2, 0) is 16.0 Å². The Labute approximate surface area is 160 Å². The van der Waals surface area contributed by atoms with E-state index in [1.807, 2.05) is 30.0 Å². The lowest BCUT2D eigenvalue weighted by atomic mass is 10.3. The number of amides is 2. The Hall–Kier alpha value is -2.13. The zero-order valence-electron chi connectivity index (χ0n) is 14.6. The Balaban J connectivity index is 1.48. The van der Waals surface area contributed by atoms with Crippen LogP contribution < -0.4 is 10.6 Å². The number of aromatic nitrogens is 2. The Kier molecular flexibility index (Phi) is 6.10. The van der Waals surface area contributed by atoms with Crippen LogP contribution >= 0.6 is 23.1 Å². The molecule has 0 radical (unpaired) electrons. The van der Waals surface area contributed by atoms with Gasteiger partial charge in [-0.2, -0.15) is 0 Å². The number of pyridine rings is 1. The van der Waals surface area contributed by atoms with Gasteiger partial charge in [-0.05, 0) is 19.1 Å². The van der Waals surface area contributed by atoms with E-state index in [4.69, 9.17) is 5.73 Å². The molecule has 0 unspecified atom stereocenters. The molecule has 3 rings (SSSR count). The number of anilines is 1. The lowest BCUT2D eigenvalue weighted by molar-refractivity contribution is -0.128. The summed E-state index contributed by atoms with van der Waals surface area (Å²) in [5, 5.41) is 0. The van der Waals surface area contributed by atoms with Crippen LogP contribution in [0.5, 0.6) is 0 Å². The van der Waals surface area contributed by atoms with Crippen molar-refractivity contribution in [3.05, 3.63) is 35.0 Å². The summed E-state index contributed by atoms with van der Waals surface area (Å²) in [6.45, 7) is 4.82. The van der Waals surface area contributed by atoms with Gasteiger partial charge < -0.3 is 15.5 Å². The predicted molar refractivity (Wildman–Crippen MR) is 104 cm³/mol. The minimum Gasteiger partial charge on any atom is -0.369 e. The van der Waals surface area contributed by atoms with Crippen LogP contribution in [0.25, 0.3) is 0 Å². The fraction of sp³-hybridized carbons (Fsp3) is 0.412. The number of rotatable bonds is 6. The van der Waals surface area contributed by atoms with Gasteiger partial charge >= 0.3 is 0 Å². The molecule has 0 bridgehead atoms. The summed E-state index contributed by atoms with van der Waals surface area (Å²) >= 11 is 2.86. The van der Waals surface area contributed by atoms with E-state index in [-0.39, 0.29) is 18.2 Å². The zero-order chi connectivity index (χ0) is 18.5. The SMILES string of the molecule is Cc1nc(SCC(=O)N2CCN(c3ccccn3)CC2)sc1CC(N)=O. The minimum atomic E-state index is -0.366. The van der Waals surface area contributed by atoms with E-state index in [9.17, 15) is 9.59 Å². The predicted octanol–water partition coefficient (Wildman–Crippen LogP) is 1.32. The molecule has 7 nitrogen and oxygen atoms in total. The molecule has 1 fully saturated rings. The molecule has 0 atom stereocenters. The molecule has 0 spiro atoms. The highest BCUT2D eigenvalue weighted by atomic mass is 32.2. The third-order valence-corrected chi connectivity index (χ3v) is 6.42.